The molecule has 0 spiro atoms. The van der Waals surface area contributed by atoms with E-state index in [1.54, 1.807) is 19.3 Å². The van der Waals surface area contributed by atoms with Crippen LogP contribution in [0.4, 0.5) is 0 Å². The largest absolute Gasteiger partial charge is 0.0593 e. The minimum Gasteiger partial charge on any atom is -0.0593 e. The minimum atomic E-state index is 0.883. The minimum absolute atomic E-state index is 0.883. The van der Waals surface area contributed by atoms with E-state index in [1.165, 1.54) is 17.8 Å². The molecule has 8 heavy (non-hydrogen) atoms. The molecule has 0 aliphatic heterocycles. The molecule has 0 bridgehead atoms. The van der Waals surface area contributed by atoms with E-state index in [0.717, 1.165) is 5.41 Å². The Morgan fingerprint density at radius 3 is 2.62 bits per heavy atom. The summed E-state index contributed by atoms with van der Waals surface area (Å²) in [5.41, 5.74) is 0.883. The maximum Gasteiger partial charge on any atom is -0.0289 e. The van der Waals surface area contributed by atoms with Crippen molar-refractivity contribution in [3.63, 3.8) is 0 Å². The molecule has 4 atom stereocenters. The first-order valence-electron chi connectivity index (χ1n) is 3.80. The molecule has 0 aromatic rings. The number of hydrogen-bond acceptors (Lipinski definition) is 0. The highest BCUT2D eigenvalue weighted by molar-refractivity contribution is 5.17. The van der Waals surface area contributed by atoms with Crippen molar-refractivity contribution < 1.29 is 0 Å². The average molecular weight is 108 g/mol. The zero-order chi connectivity index (χ0) is 5.35. The Morgan fingerprint density at radius 1 is 1.38 bits per heavy atom. The highest BCUT2D eigenvalue weighted by Gasteiger charge is 2.68. The van der Waals surface area contributed by atoms with Crippen molar-refractivity contribution in [2.45, 2.75) is 26.2 Å². The first-order valence-corrected chi connectivity index (χ1v) is 3.80. The van der Waals surface area contributed by atoms with Gasteiger partial charge in [0.1, 0.15) is 0 Å². The normalized spacial score (nSPS) is 73.9. The highest BCUT2D eigenvalue weighted by Crippen LogP contribution is 2.76. The fourth-order valence-corrected chi connectivity index (χ4v) is 2.94. The summed E-state index contributed by atoms with van der Waals surface area (Å²) in [6.07, 6.45) is 4.76. The summed E-state index contributed by atoms with van der Waals surface area (Å²) in [6.45, 7) is 2.48. The highest BCUT2D eigenvalue weighted by atomic mass is 14.7. The number of fused-ring (bicyclic) bond motifs is 3. The Morgan fingerprint density at radius 2 is 2.25 bits per heavy atom. The fraction of sp³-hybridized carbons (Fsp3) is 1.00. The van der Waals surface area contributed by atoms with E-state index in [4.69, 9.17) is 0 Å². The zero-order valence-electron chi connectivity index (χ0n) is 5.35. The van der Waals surface area contributed by atoms with Crippen LogP contribution in [0.5, 0.6) is 0 Å². The van der Waals surface area contributed by atoms with Gasteiger partial charge in [0.25, 0.3) is 0 Å². The van der Waals surface area contributed by atoms with E-state index in [1.807, 2.05) is 0 Å². The molecule has 0 N–H and O–H groups in total. The van der Waals surface area contributed by atoms with Crippen molar-refractivity contribution in [1.29, 1.82) is 0 Å². The van der Waals surface area contributed by atoms with E-state index in [-0.39, 0.29) is 0 Å². The van der Waals surface area contributed by atoms with Crippen LogP contribution < -0.4 is 0 Å². The Kier molecular flexibility index (Phi) is 0.381. The van der Waals surface area contributed by atoms with E-state index in [0.29, 0.717) is 0 Å². The van der Waals surface area contributed by atoms with Crippen LogP contribution in [0.15, 0.2) is 0 Å². The molecule has 0 aromatic heterocycles. The molecule has 3 saturated carbocycles. The average Bonchev–Trinajstić information content (AvgIpc) is 2.50. The molecule has 4 unspecified atom stereocenters. The predicted octanol–water partition coefficient (Wildman–Crippen LogP) is 2.05. The van der Waals surface area contributed by atoms with Crippen molar-refractivity contribution >= 4 is 0 Å². The second-order valence-corrected chi connectivity index (χ2v) is 4.33. The van der Waals surface area contributed by atoms with Crippen molar-refractivity contribution in [2.75, 3.05) is 0 Å². The molecule has 0 radical (unpaired) electrons. The van der Waals surface area contributed by atoms with Gasteiger partial charge in [-0.2, -0.15) is 0 Å². The third-order valence-corrected chi connectivity index (χ3v) is 3.64. The first-order chi connectivity index (χ1) is 3.80. The van der Waals surface area contributed by atoms with Gasteiger partial charge in [-0.3, -0.25) is 0 Å². The third kappa shape index (κ3) is 0.260. The second-order valence-electron chi connectivity index (χ2n) is 4.33. The maximum atomic E-state index is 2.48. The Bertz CT molecular complexity index is 150. The van der Waals surface area contributed by atoms with Crippen molar-refractivity contribution in [3.8, 4) is 0 Å². The molecule has 3 rings (SSSR count). The molecule has 0 heteroatoms. The van der Waals surface area contributed by atoms with Gasteiger partial charge in [-0.15, -0.1) is 0 Å². The van der Waals surface area contributed by atoms with Gasteiger partial charge >= 0.3 is 0 Å². The lowest BCUT2D eigenvalue weighted by Crippen LogP contribution is -1.91. The molecular weight excluding hydrogens is 96.1 g/mol. The standard InChI is InChI=1S/C8H12/c1-8-3-5-2-6(5)7(8)4-8/h5-7H,2-4H2,1H3. The van der Waals surface area contributed by atoms with Crippen LogP contribution in [0.3, 0.4) is 0 Å². The number of rotatable bonds is 0. The molecule has 0 saturated heterocycles. The molecule has 0 nitrogen and oxygen atoms in total. The molecule has 0 heterocycles. The van der Waals surface area contributed by atoms with Gasteiger partial charge in [0.2, 0.25) is 0 Å². The summed E-state index contributed by atoms with van der Waals surface area (Å²) >= 11 is 0. The quantitative estimate of drug-likeness (QED) is 0.445. The fourth-order valence-electron chi connectivity index (χ4n) is 2.94. The van der Waals surface area contributed by atoms with Crippen molar-refractivity contribution in [2.24, 2.45) is 23.2 Å². The Balaban J connectivity index is 2.00. The van der Waals surface area contributed by atoms with Crippen LogP contribution in [-0.2, 0) is 0 Å². The first kappa shape index (κ1) is 3.92. The smallest absolute Gasteiger partial charge is 0.0289 e. The molecule has 3 aliphatic rings. The van der Waals surface area contributed by atoms with Crippen LogP contribution in [0, 0.1) is 23.2 Å². The summed E-state index contributed by atoms with van der Waals surface area (Å²) in [7, 11) is 0. The van der Waals surface area contributed by atoms with Gasteiger partial charge in [0.15, 0.2) is 0 Å². The lowest BCUT2D eigenvalue weighted by atomic mass is 10.0. The second kappa shape index (κ2) is 0.778. The summed E-state index contributed by atoms with van der Waals surface area (Å²) in [4.78, 5) is 0. The lowest BCUT2D eigenvalue weighted by molar-refractivity contribution is 0.492. The van der Waals surface area contributed by atoms with E-state index >= 15 is 0 Å². The number of hydrogen-bond donors (Lipinski definition) is 0. The van der Waals surface area contributed by atoms with Gasteiger partial charge in [-0.05, 0) is 42.4 Å². The van der Waals surface area contributed by atoms with Crippen LogP contribution in [0.2, 0.25) is 0 Å². The summed E-state index contributed by atoms with van der Waals surface area (Å²) in [5, 5.41) is 0. The topological polar surface area (TPSA) is 0 Å². The molecule has 0 aromatic carbocycles. The van der Waals surface area contributed by atoms with Gasteiger partial charge in [-0.1, -0.05) is 6.92 Å². The third-order valence-electron chi connectivity index (χ3n) is 3.64. The van der Waals surface area contributed by atoms with Gasteiger partial charge in [0, 0.05) is 0 Å². The van der Waals surface area contributed by atoms with Crippen LogP contribution in [-0.4, -0.2) is 0 Å². The van der Waals surface area contributed by atoms with Crippen molar-refractivity contribution in [3.05, 3.63) is 0 Å². The Hall–Kier alpha value is 0. The van der Waals surface area contributed by atoms with Crippen molar-refractivity contribution in [1.82, 2.24) is 0 Å². The van der Waals surface area contributed by atoms with Gasteiger partial charge < -0.3 is 0 Å². The SMILES string of the molecule is CC12CC3CC3C1C2. The predicted molar refractivity (Wildman–Crippen MR) is 32.4 cm³/mol. The maximum absolute atomic E-state index is 2.48. The molecule has 0 amide bonds. The van der Waals surface area contributed by atoms with Crippen LogP contribution in [0.25, 0.3) is 0 Å². The lowest BCUT2D eigenvalue weighted by Gasteiger charge is -2.01. The Labute approximate surface area is 50.3 Å². The summed E-state index contributed by atoms with van der Waals surface area (Å²) < 4.78 is 0. The van der Waals surface area contributed by atoms with Gasteiger partial charge in [0.05, 0.1) is 0 Å². The zero-order valence-corrected chi connectivity index (χ0v) is 5.35. The molecule has 3 aliphatic carbocycles. The van der Waals surface area contributed by atoms with Gasteiger partial charge in [-0.25, -0.2) is 0 Å². The van der Waals surface area contributed by atoms with Crippen LogP contribution >= 0.6 is 0 Å². The summed E-state index contributed by atoms with van der Waals surface area (Å²) in [6, 6.07) is 0. The van der Waals surface area contributed by atoms with E-state index in [9.17, 15) is 0 Å². The molecule has 3 fully saturated rings. The van der Waals surface area contributed by atoms with Crippen LogP contribution in [0.1, 0.15) is 26.2 Å². The monoisotopic (exact) mass is 108 g/mol. The van der Waals surface area contributed by atoms with E-state index in [2.05, 4.69) is 6.92 Å². The molecule has 44 valence electrons. The molecular formula is C8H12. The summed E-state index contributed by atoms with van der Waals surface area (Å²) in [5.74, 6) is 3.63. The van der Waals surface area contributed by atoms with E-state index < -0.39 is 0 Å².